The van der Waals surface area contributed by atoms with E-state index >= 15 is 0 Å². The van der Waals surface area contributed by atoms with Gasteiger partial charge >= 0.3 is 0 Å². The maximum Gasteiger partial charge on any atom is 0.263 e. The molecule has 0 aliphatic carbocycles. The van der Waals surface area contributed by atoms with Crippen LogP contribution in [0.1, 0.15) is 0 Å². The fourth-order valence-corrected chi connectivity index (χ4v) is 2.91. The van der Waals surface area contributed by atoms with Gasteiger partial charge in [-0.25, -0.2) is 24.2 Å². The Kier molecular flexibility index (Phi) is 3.22. The summed E-state index contributed by atoms with van der Waals surface area (Å²) in [5, 5.41) is 1.99. The molecule has 17 heavy (non-hydrogen) atoms. The number of hydrazine groups is 1. The van der Waals surface area contributed by atoms with Gasteiger partial charge in [0.05, 0.1) is 4.90 Å². The highest BCUT2D eigenvalue weighted by atomic mass is 32.2. The molecule has 0 amide bonds. The van der Waals surface area contributed by atoms with Gasteiger partial charge in [-0.3, -0.25) is 4.72 Å². The van der Waals surface area contributed by atoms with Crippen molar-refractivity contribution in [2.45, 2.75) is 4.90 Å². The van der Waals surface area contributed by atoms with Crippen LogP contribution in [0, 0.1) is 0 Å². The molecule has 4 N–H and O–H groups in total. The number of rotatable bonds is 4. The fraction of sp³-hybridized carbons (Fsp3) is 0. The van der Waals surface area contributed by atoms with Gasteiger partial charge < -0.3 is 5.43 Å². The van der Waals surface area contributed by atoms with Gasteiger partial charge in [-0.1, -0.05) is 0 Å². The molecule has 0 aliphatic heterocycles. The van der Waals surface area contributed by atoms with Crippen molar-refractivity contribution in [3.63, 3.8) is 0 Å². The Morgan fingerprint density at radius 1 is 1.29 bits per heavy atom. The Hall–Kier alpha value is -1.71. The quantitative estimate of drug-likeness (QED) is 0.555. The third-order valence-corrected chi connectivity index (χ3v) is 4.00. The van der Waals surface area contributed by atoms with Crippen LogP contribution in [0.2, 0.25) is 0 Å². The lowest BCUT2D eigenvalue weighted by Gasteiger charge is -2.06. The third-order valence-electron chi connectivity index (χ3n) is 1.84. The molecule has 2 rings (SSSR count). The van der Waals surface area contributed by atoms with E-state index < -0.39 is 10.0 Å². The first kappa shape index (κ1) is 11.8. The van der Waals surface area contributed by atoms with Crippen LogP contribution in [0.3, 0.4) is 0 Å². The molecular formula is C8H9N5O2S2. The Bertz CT molecular complexity index is 596. The molecule has 0 aromatic carbocycles. The molecule has 0 aliphatic rings. The van der Waals surface area contributed by atoms with Crippen LogP contribution in [0.25, 0.3) is 0 Å². The summed E-state index contributed by atoms with van der Waals surface area (Å²) in [5.74, 6) is 5.43. The van der Waals surface area contributed by atoms with Gasteiger partial charge in [-0.2, -0.15) is 0 Å². The van der Waals surface area contributed by atoms with Gasteiger partial charge in [0.15, 0.2) is 5.13 Å². The Labute approximate surface area is 102 Å². The second kappa shape index (κ2) is 4.65. The summed E-state index contributed by atoms with van der Waals surface area (Å²) in [6, 6.07) is 2.70. The molecule has 0 fully saturated rings. The summed E-state index contributed by atoms with van der Waals surface area (Å²) in [5.41, 5.74) is 2.28. The minimum Gasteiger partial charge on any atom is -0.308 e. The highest BCUT2D eigenvalue weighted by Crippen LogP contribution is 2.18. The molecule has 7 nitrogen and oxygen atoms in total. The van der Waals surface area contributed by atoms with Crippen LogP contribution < -0.4 is 16.0 Å². The Morgan fingerprint density at radius 2 is 2.12 bits per heavy atom. The maximum atomic E-state index is 11.9. The molecule has 0 spiro atoms. The van der Waals surface area contributed by atoms with Crippen LogP contribution in [-0.4, -0.2) is 18.4 Å². The summed E-state index contributed by atoms with van der Waals surface area (Å²) in [6.45, 7) is 0. The van der Waals surface area contributed by atoms with Crippen molar-refractivity contribution in [3.8, 4) is 0 Å². The van der Waals surface area contributed by atoms with Gasteiger partial charge in [-0.15, -0.1) is 11.3 Å². The topological polar surface area (TPSA) is 110 Å². The molecule has 90 valence electrons. The van der Waals surface area contributed by atoms with Crippen molar-refractivity contribution in [1.82, 2.24) is 9.97 Å². The number of sulfonamides is 1. The lowest BCUT2D eigenvalue weighted by Crippen LogP contribution is -2.14. The Balaban J connectivity index is 2.31. The molecule has 0 unspecified atom stereocenters. The number of thiazole rings is 1. The zero-order valence-electron chi connectivity index (χ0n) is 8.49. The number of anilines is 2. The smallest absolute Gasteiger partial charge is 0.263 e. The van der Waals surface area contributed by atoms with Crippen molar-refractivity contribution in [2.75, 3.05) is 10.1 Å². The summed E-state index contributed by atoms with van der Waals surface area (Å²) in [6.07, 6.45) is 2.87. The summed E-state index contributed by atoms with van der Waals surface area (Å²) < 4.78 is 26.2. The molecule has 0 atom stereocenters. The maximum absolute atomic E-state index is 11.9. The molecule has 0 radical (unpaired) electrons. The molecule has 2 aromatic rings. The number of pyridine rings is 1. The Morgan fingerprint density at radius 3 is 2.76 bits per heavy atom. The molecular weight excluding hydrogens is 262 g/mol. The summed E-state index contributed by atoms with van der Waals surface area (Å²) in [7, 11) is -3.65. The van der Waals surface area contributed by atoms with E-state index in [9.17, 15) is 8.42 Å². The van der Waals surface area contributed by atoms with Crippen LogP contribution in [-0.2, 0) is 10.0 Å². The first-order valence-electron chi connectivity index (χ1n) is 4.47. The van der Waals surface area contributed by atoms with Crippen molar-refractivity contribution in [2.24, 2.45) is 5.84 Å². The number of hydrogen-bond donors (Lipinski definition) is 3. The minimum absolute atomic E-state index is 0.0654. The summed E-state index contributed by atoms with van der Waals surface area (Å²) in [4.78, 5) is 7.73. The van der Waals surface area contributed by atoms with Crippen molar-refractivity contribution < 1.29 is 8.42 Å². The standard InChI is InChI=1S/C8H9N5O2S2/c9-12-7-5-6(1-2-10-7)17(14,15)13-8-11-3-4-16-8/h1-5H,9H2,(H,10,12)(H,11,13). The SMILES string of the molecule is NNc1cc(S(=O)(=O)Nc2nccs2)ccn1. The fourth-order valence-electron chi connectivity index (χ4n) is 1.10. The number of nitrogens with zero attached hydrogens (tertiary/aromatic N) is 2. The monoisotopic (exact) mass is 271 g/mol. The van der Waals surface area contributed by atoms with E-state index in [-0.39, 0.29) is 10.7 Å². The first-order valence-corrected chi connectivity index (χ1v) is 6.83. The molecule has 9 heteroatoms. The number of nitrogens with one attached hydrogen (secondary N) is 2. The lowest BCUT2D eigenvalue weighted by molar-refractivity contribution is 0.601. The van der Waals surface area contributed by atoms with E-state index in [2.05, 4.69) is 20.1 Å². The van der Waals surface area contributed by atoms with Crippen LogP contribution in [0.4, 0.5) is 10.9 Å². The minimum atomic E-state index is -3.65. The average Bonchev–Trinajstić information content (AvgIpc) is 2.81. The largest absolute Gasteiger partial charge is 0.308 e. The van der Waals surface area contributed by atoms with Gasteiger partial charge in [0.2, 0.25) is 0 Å². The second-order valence-corrected chi connectivity index (χ2v) is 5.54. The van der Waals surface area contributed by atoms with E-state index in [1.165, 1.54) is 35.9 Å². The normalized spacial score (nSPS) is 11.1. The number of hydrogen-bond acceptors (Lipinski definition) is 7. The zero-order chi connectivity index (χ0) is 12.3. The highest BCUT2D eigenvalue weighted by molar-refractivity contribution is 7.93. The molecule has 0 saturated heterocycles. The molecule has 0 saturated carbocycles. The van der Waals surface area contributed by atoms with E-state index in [1.807, 2.05) is 0 Å². The predicted molar refractivity (Wildman–Crippen MR) is 65.0 cm³/mol. The molecule has 2 heterocycles. The van der Waals surface area contributed by atoms with Crippen LogP contribution in [0.5, 0.6) is 0 Å². The first-order chi connectivity index (χ1) is 8.12. The predicted octanol–water partition coefficient (Wildman–Crippen LogP) is 0.624. The van der Waals surface area contributed by atoms with Crippen LogP contribution in [0.15, 0.2) is 34.8 Å². The zero-order valence-corrected chi connectivity index (χ0v) is 10.1. The van der Waals surface area contributed by atoms with Gasteiger partial charge in [0, 0.05) is 23.8 Å². The van der Waals surface area contributed by atoms with E-state index in [1.54, 1.807) is 5.38 Å². The van der Waals surface area contributed by atoms with Gasteiger partial charge in [0.25, 0.3) is 10.0 Å². The van der Waals surface area contributed by atoms with Crippen molar-refractivity contribution in [3.05, 3.63) is 29.9 Å². The second-order valence-electron chi connectivity index (χ2n) is 2.96. The van der Waals surface area contributed by atoms with E-state index in [0.717, 1.165) is 0 Å². The lowest BCUT2D eigenvalue weighted by atomic mass is 10.5. The van der Waals surface area contributed by atoms with E-state index in [0.29, 0.717) is 5.13 Å². The number of nitrogens with two attached hydrogens (primary N) is 1. The van der Waals surface area contributed by atoms with E-state index in [4.69, 9.17) is 5.84 Å². The molecule has 0 bridgehead atoms. The highest BCUT2D eigenvalue weighted by Gasteiger charge is 2.15. The van der Waals surface area contributed by atoms with Gasteiger partial charge in [-0.05, 0) is 6.07 Å². The van der Waals surface area contributed by atoms with Gasteiger partial charge in [0.1, 0.15) is 5.82 Å². The number of nitrogen functional groups attached to an aromatic ring is 1. The van der Waals surface area contributed by atoms with Crippen molar-refractivity contribution in [1.29, 1.82) is 0 Å². The molecule has 2 aromatic heterocycles. The number of aromatic nitrogens is 2. The third kappa shape index (κ3) is 2.70. The average molecular weight is 271 g/mol. The van der Waals surface area contributed by atoms with Crippen molar-refractivity contribution >= 4 is 32.3 Å². The van der Waals surface area contributed by atoms with Crippen LogP contribution >= 0.6 is 11.3 Å². The summed E-state index contributed by atoms with van der Waals surface area (Å²) >= 11 is 1.20.